The van der Waals surface area contributed by atoms with Crippen molar-refractivity contribution in [2.45, 2.75) is 17.2 Å². The van der Waals surface area contributed by atoms with Gasteiger partial charge in [0.15, 0.2) is 15.6 Å². The summed E-state index contributed by atoms with van der Waals surface area (Å²) in [6, 6.07) is 12.9. The molecule has 0 aliphatic heterocycles. The van der Waals surface area contributed by atoms with E-state index in [4.69, 9.17) is 16.0 Å². The van der Waals surface area contributed by atoms with Gasteiger partial charge in [-0.05, 0) is 54.1 Å². The summed E-state index contributed by atoms with van der Waals surface area (Å²) in [7, 11) is -3.61. The van der Waals surface area contributed by atoms with Gasteiger partial charge in [0.05, 0.1) is 4.90 Å². The highest BCUT2D eigenvalue weighted by Crippen LogP contribution is 2.21. The zero-order valence-corrected chi connectivity index (χ0v) is 17.4. The summed E-state index contributed by atoms with van der Waals surface area (Å²) in [5, 5.41) is 2.79. The number of furan rings is 1. The van der Waals surface area contributed by atoms with Crippen LogP contribution in [0, 0.1) is 5.82 Å². The van der Waals surface area contributed by atoms with E-state index in [1.165, 1.54) is 36.4 Å². The van der Waals surface area contributed by atoms with Gasteiger partial charge in [-0.2, -0.15) is 0 Å². The van der Waals surface area contributed by atoms with E-state index in [1.54, 1.807) is 12.1 Å². The van der Waals surface area contributed by atoms with Crippen LogP contribution in [0.3, 0.4) is 0 Å². The monoisotopic (exact) mass is 485 g/mol. The van der Waals surface area contributed by atoms with Crippen LogP contribution in [0.1, 0.15) is 21.9 Å². The summed E-state index contributed by atoms with van der Waals surface area (Å²) < 4.78 is 44.1. The number of benzene rings is 2. The molecule has 0 atom stereocenters. The van der Waals surface area contributed by atoms with Crippen LogP contribution in [0.4, 0.5) is 4.39 Å². The van der Waals surface area contributed by atoms with Gasteiger partial charge in [-0.15, -0.1) is 0 Å². The highest BCUT2D eigenvalue weighted by Gasteiger charge is 2.19. The maximum Gasteiger partial charge on any atom is 0.287 e. The summed E-state index contributed by atoms with van der Waals surface area (Å²) in [6.07, 6.45) is 0. The Kier molecular flexibility index (Phi) is 6.22. The van der Waals surface area contributed by atoms with Crippen LogP contribution in [0.2, 0.25) is 5.02 Å². The molecule has 0 saturated carbocycles. The fourth-order valence-electron chi connectivity index (χ4n) is 2.42. The highest BCUT2D eigenvalue weighted by atomic mass is 79.9. The van der Waals surface area contributed by atoms with Gasteiger partial charge in [0.25, 0.3) is 5.91 Å². The molecule has 0 fully saturated rings. The molecule has 1 heterocycles. The minimum absolute atomic E-state index is 0.0285. The Labute approximate surface area is 174 Å². The molecule has 1 aromatic heterocycles. The second kappa shape index (κ2) is 8.46. The molecule has 3 rings (SSSR count). The Hall–Kier alpha value is -2.16. The van der Waals surface area contributed by atoms with Crippen LogP contribution in [0.25, 0.3) is 0 Å². The van der Waals surface area contributed by atoms with Crippen LogP contribution in [0.15, 0.2) is 68.4 Å². The number of carbonyl (C=O) groups is 1. The largest absolute Gasteiger partial charge is 0.455 e. The van der Waals surface area contributed by atoms with E-state index in [2.05, 4.69) is 21.2 Å². The summed E-state index contributed by atoms with van der Waals surface area (Å²) in [5.41, 5.74) is 0.543. The SMILES string of the molecule is O=C(NCc1ccc(F)cc1Cl)c1ccc(CS(=O)(=O)c2ccc(Br)cc2)o1. The van der Waals surface area contributed by atoms with E-state index in [0.717, 1.165) is 10.5 Å². The molecular formula is C19H14BrClFNO4S. The predicted octanol–water partition coefficient (Wildman–Crippen LogP) is 4.74. The average molecular weight is 487 g/mol. The number of hydrogen-bond acceptors (Lipinski definition) is 4. The van der Waals surface area contributed by atoms with Gasteiger partial charge >= 0.3 is 0 Å². The summed E-state index contributed by atoms with van der Waals surface area (Å²) in [5.74, 6) is -1.26. The normalized spacial score (nSPS) is 11.4. The third kappa shape index (κ3) is 5.01. The minimum atomic E-state index is -3.61. The van der Waals surface area contributed by atoms with E-state index in [0.29, 0.717) is 5.56 Å². The third-order valence-electron chi connectivity index (χ3n) is 3.84. The zero-order chi connectivity index (χ0) is 20.3. The third-order valence-corrected chi connectivity index (χ3v) is 6.38. The molecule has 0 spiro atoms. The Morgan fingerprint density at radius 3 is 2.50 bits per heavy atom. The van der Waals surface area contributed by atoms with Gasteiger partial charge in [0.1, 0.15) is 17.3 Å². The molecule has 2 aromatic carbocycles. The lowest BCUT2D eigenvalue weighted by molar-refractivity contribution is 0.0921. The Morgan fingerprint density at radius 1 is 1.11 bits per heavy atom. The first-order chi connectivity index (χ1) is 13.2. The molecule has 1 amide bonds. The van der Waals surface area contributed by atoms with E-state index < -0.39 is 21.6 Å². The van der Waals surface area contributed by atoms with Crippen molar-refractivity contribution in [2.24, 2.45) is 0 Å². The summed E-state index contributed by atoms with van der Waals surface area (Å²) >= 11 is 9.17. The Balaban J connectivity index is 1.66. The van der Waals surface area contributed by atoms with Crippen molar-refractivity contribution in [1.29, 1.82) is 0 Å². The molecule has 0 saturated heterocycles. The molecule has 5 nitrogen and oxygen atoms in total. The van der Waals surface area contributed by atoms with E-state index in [-0.39, 0.29) is 33.7 Å². The van der Waals surface area contributed by atoms with Gasteiger partial charge < -0.3 is 9.73 Å². The molecule has 0 aliphatic carbocycles. The number of sulfone groups is 1. The molecule has 0 bridgehead atoms. The topological polar surface area (TPSA) is 76.4 Å². The van der Waals surface area contributed by atoms with Crippen molar-refractivity contribution in [3.63, 3.8) is 0 Å². The van der Waals surface area contributed by atoms with Gasteiger partial charge in [-0.1, -0.05) is 33.6 Å². The van der Waals surface area contributed by atoms with E-state index in [9.17, 15) is 17.6 Å². The van der Waals surface area contributed by atoms with Gasteiger partial charge in [-0.3, -0.25) is 4.79 Å². The van der Waals surface area contributed by atoms with Crippen LogP contribution >= 0.6 is 27.5 Å². The number of rotatable bonds is 6. The highest BCUT2D eigenvalue weighted by molar-refractivity contribution is 9.10. The first-order valence-corrected chi connectivity index (χ1v) is 10.9. The van der Waals surface area contributed by atoms with Crippen LogP contribution < -0.4 is 5.32 Å². The van der Waals surface area contributed by atoms with Gasteiger partial charge in [0.2, 0.25) is 0 Å². The van der Waals surface area contributed by atoms with Gasteiger partial charge in [0, 0.05) is 16.0 Å². The molecule has 0 aliphatic rings. The molecule has 0 unspecified atom stereocenters. The fraction of sp³-hybridized carbons (Fsp3) is 0.105. The second-order valence-corrected chi connectivity index (χ2v) is 9.21. The molecule has 28 heavy (non-hydrogen) atoms. The predicted molar refractivity (Wildman–Crippen MR) is 106 cm³/mol. The zero-order valence-electron chi connectivity index (χ0n) is 14.3. The Bertz CT molecular complexity index is 1110. The quantitative estimate of drug-likeness (QED) is 0.546. The number of halogens is 3. The first kappa shape index (κ1) is 20.6. The number of hydrogen-bond donors (Lipinski definition) is 1. The molecule has 3 aromatic rings. The van der Waals surface area contributed by atoms with Crippen molar-refractivity contribution in [1.82, 2.24) is 5.32 Å². The van der Waals surface area contributed by atoms with Crippen molar-refractivity contribution in [3.05, 3.63) is 87.0 Å². The molecule has 0 radical (unpaired) electrons. The van der Waals surface area contributed by atoms with Crippen molar-refractivity contribution in [3.8, 4) is 0 Å². The lowest BCUT2D eigenvalue weighted by Gasteiger charge is -2.06. The van der Waals surface area contributed by atoms with Crippen molar-refractivity contribution >= 4 is 43.3 Å². The second-order valence-electron chi connectivity index (χ2n) is 5.90. The lowest BCUT2D eigenvalue weighted by Crippen LogP contribution is -2.22. The number of amides is 1. The summed E-state index contributed by atoms with van der Waals surface area (Å²) in [6.45, 7) is 0.0746. The molecule has 9 heteroatoms. The van der Waals surface area contributed by atoms with Crippen molar-refractivity contribution < 1.29 is 22.0 Å². The molecule has 1 N–H and O–H groups in total. The minimum Gasteiger partial charge on any atom is -0.455 e. The number of carbonyl (C=O) groups excluding carboxylic acids is 1. The fourth-order valence-corrected chi connectivity index (χ4v) is 4.16. The van der Waals surface area contributed by atoms with Crippen LogP contribution in [-0.2, 0) is 22.1 Å². The van der Waals surface area contributed by atoms with Crippen LogP contribution in [0.5, 0.6) is 0 Å². The molecular weight excluding hydrogens is 473 g/mol. The van der Waals surface area contributed by atoms with E-state index in [1.807, 2.05) is 0 Å². The molecule has 146 valence electrons. The first-order valence-electron chi connectivity index (χ1n) is 8.04. The van der Waals surface area contributed by atoms with Crippen molar-refractivity contribution in [2.75, 3.05) is 0 Å². The van der Waals surface area contributed by atoms with E-state index >= 15 is 0 Å². The maximum absolute atomic E-state index is 13.1. The smallest absolute Gasteiger partial charge is 0.287 e. The van der Waals surface area contributed by atoms with Gasteiger partial charge in [-0.25, -0.2) is 12.8 Å². The van der Waals surface area contributed by atoms with Crippen LogP contribution in [-0.4, -0.2) is 14.3 Å². The summed E-state index contributed by atoms with van der Waals surface area (Å²) in [4.78, 5) is 12.4. The standard InChI is InChI=1S/C19H14BrClFNO4S/c20-13-2-6-16(7-3-13)28(25,26)11-15-5-8-18(27-15)19(24)23-10-12-1-4-14(22)9-17(12)21/h1-9H,10-11H2,(H,23,24). The average Bonchev–Trinajstić information content (AvgIpc) is 3.09. The lowest BCUT2D eigenvalue weighted by atomic mass is 10.2. The Morgan fingerprint density at radius 2 is 1.82 bits per heavy atom. The number of nitrogens with one attached hydrogen (secondary N) is 1. The maximum atomic E-state index is 13.1.